The highest BCUT2D eigenvalue weighted by Gasteiger charge is 2.36. The Labute approximate surface area is 132 Å². The molecule has 0 bridgehead atoms. The molecule has 22 heavy (non-hydrogen) atoms. The fraction of sp³-hybridized carbons (Fsp3) is 0.812. The lowest BCUT2D eigenvalue weighted by molar-refractivity contribution is -0.137. The van der Waals surface area contributed by atoms with Gasteiger partial charge in [-0.2, -0.15) is 0 Å². The second-order valence-electron chi connectivity index (χ2n) is 7.06. The summed E-state index contributed by atoms with van der Waals surface area (Å²) in [7, 11) is 0. The molecule has 1 saturated carbocycles. The molecule has 2 aliphatic rings. The van der Waals surface area contributed by atoms with Crippen LogP contribution in [0.4, 0.5) is 0 Å². The van der Waals surface area contributed by atoms with Gasteiger partial charge in [0.1, 0.15) is 12.2 Å². The Bertz CT molecular complexity index is 526. The van der Waals surface area contributed by atoms with Crippen LogP contribution < -0.4 is 5.73 Å². The first kappa shape index (κ1) is 15.5. The molecule has 0 radical (unpaired) electrons. The molecule has 6 nitrogen and oxygen atoms in total. The number of nitrogens with two attached hydrogens (primary N) is 1. The third-order valence-corrected chi connectivity index (χ3v) is 4.95. The van der Waals surface area contributed by atoms with Gasteiger partial charge in [-0.25, -0.2) is 0 Å². The first-order valence-corrected chi connectivity index (χ1v) is 8.50. The van der Waals surface area contributed by atoms with E-state index in [2.05, 4.69) is 21.7 Å². The van der Waals surface area contributed by atoms with Crippen molar-refractivity contribution in [1.29, 1.82) is 0 Å². The van der Waals surface area contributed by atoms with Gasteiger partial charge >= 0.3 is 0 Å². The fourth-order valence-electron chi connectivity index (χ4n) is 3.51. The largest absolute Gasteiger partial charge is 0.341 e. The van der Waals surface area contributed by atoms with Crippen LogP contribution in [0.15, 0.2) is 6.33 Å². The number of carbonyl (C=O) groups excluding carboxylic acids is 1. The van der Waals surface area contributed by atoms with E-state index in [-0.39, 0.29) is 5.91 Å². The summed E-state index contributed by atoms with van der Waals surface area (Å²) in [5, 5.41) is 8.42. The molecular formula is C16H27N5O. The van der Waals surface area contributed by atoms with Gasteiger partial charge in [0.05, 0.1) is 5.54 Å². The van der Waals surface area contributed by atoms with E-state index in [1.807, 2.05) is 18.2 Å². The van der Waals surface area contributed by atoms with Crippen molar-refractivity contribution >= 4 is 5.91 Å². The molecule has 1 saturated heterocycles. The Kier molecular flexibility index (Phi) is 4.21. The Morgan fingerprint density at radius 1 is 1.36 bits per heavy atom. The Morgan fingerprint density at radius 3 is 2.64 bits per heavy atom. The lowest BCUT2D eigenvalue weighted by atomic mass is 9.91. The molecule has 0 aromatic carbocycles. The van der Waals surface area contributed by atoms with Crippen LogP contribution in [0.3, 0.4) is 0 Å². The number of rotatable bonds is 5. The lowest BCUT2D eigenvalue weighted by Crippen LogP contribution is -2.54. The minimum atomic E-state index is -0.727. The van der Waals surface area contributed by atoms with Crippen molar-refractivity contribution in [1.82, 2.24) is 19.7 Å². The first-order valence-electron chi connectivity index (χ1n) is 8.50. The van der Waals surface area contributed by atoms with Gasteiger partial charge in [-0.05, 0) is 39.0 Å². The minimum absolute atomic E-state index is 0.0939. The van der Waals surface area contributed by atoms with Crippen LogP contribution in [0.1, 0.15) is 70.2 Å². The maximum absolute atomic E-state index is 12.6. The summed E-state index contributed by atoms with van der Waals surface area (Å²) in [5.41, 5.74) is 5.46. The van der Waals surface area contributed by atoms with Crippen molar-refractivity contribution in [2.45, 2.75) is 69.9 Å². The van der Waals surface area contributed by atoms with E-state index in [9.17, 15) is 4.79 Å². The molecule has 3 rings (SSSR count). The van der Waals surface area contributed by atoms with Crippen molar-refractivity contribution in [3.05, 3.63) is 12.2 Å². The van der Waals surface area contributed by atoms with E-state index in [1.165, 1.54) is 12.8 Å². The van der Waals surface area contributed by atoms with E-state index < -0.39 is 5.54 Å². The normalized spacial score (nSPS) is 22.6. The molecular weight excluding hydrogens is 278 g/mol. The maximum atomic E-state index is 12.6. The van der Waals surface area contributed by atoms with Crippen LogP contribution >= 0.6 is 0 Å². The van der Waals surface area contributed by atoms with E-state index >= 15 is 0 Å². The fourth-order valence-corrected chi connectivity index (χ4v) is 3.51. The second-order valence-corrected chi connectivity index (χ2v) is 7.06. The zero-order valence-corrected chi connectivity index (χ0v) is 13.7. The van der Waals surface area contributed by atoms with Crippen LogP contribution in [0, 0.1) is 0 Å². The predicted molar refractivity (Wildman–Crippen MR) is 84.3 cm³/mol. The summed E-state index contributed by atoms with van der Waals surface area (Å²) in [6, 6.07) is 0.613. The summed E-state index contributed by atoms with van der Waals surface area (Å²) < 4.78 is 2.24. The molecule has 0 spiro atoms. The van der Waals surface area contributed by atoms with Gasteiger partial charge in [-0.1, -0.05) is 13.3 Å². The van der Waals surface area contributed by atoms with Gasteiger partial charge in [-0.15, -0.1) is 10.2 Å². The summed E-state index contributed by atoms with van der Waals surface area (Å²) in [6.45, 7) is 5.47. The van der Waals surface area contributed by atoms with Crippen molar-refractivity contribution < 1.29 is 4.79 Å². The lowest BCUT2D eigenvalue weighted by Gasteiger charge is -2.36. The van der Waals surface area contributed by atoms with E-state index in [4.69, 9.17) is 5.73 Å². The number of carbonyl (C=O) groups is 1. The van der Waals surface area contributed by atoms with Crippen molar-refractivity contribution in [3.8, 4) is 0 Å². The second kappa shape index (κ2) is 5.99. The van der Waals surface area contributed by atoms with Crippen LogP contribution in [0.5, 0.6) is 0 Å². The van der Waals surface area contributed by atoms with Crippen LogP contribution in [0.2, 0.25) is 0 Å². The van der Waals surface area contributed by atoms with Gasteiger partial charge in [-0.3, -0.25) is 4.79 Å². The quantitative estimate of drug-likeness (QED) is 0.900. The van der Waals surface area contributed by atoms with E-state index in [0.717, 1.165) is 44.6 Å². The van der Waals surface area contributed by atoms with E-state index in [1.54, 1.807) is 0 Å². The Balaban J connectivity index is 1.60. The molecule has 1 aliphatic carbocycles. The average Bonchev–Trinajstić information content (AvgIpc) is 3.24. The average molecular weight is 305 g/mol. The van der Waals surface area contributed by atoms with Crippen molar-refractivity contribution in [3.63, 3.8) is 0 Å². The van der Waals surface area contributed by atoms with E-state index in [0.29, 0.717) is 12.0 Å². The number of piperidine rings is 1. The zero-order chi connectivity index (χ0) is 15.7. The van der Waals surface area contributed by atoms with Gasteiger partial charge < -0.3 is 15.2 Å². The summed E-state index contributed by atoms with van der Waals surface area (Å²) in [6.07, 6.45) is 7.93. The third-order valence-electron chi connectivity index (χ3n) is 4.95. The molecule has 1 aliphatic heterocycles. The molecule has 122 valence electrons. The zero-order valence-electron chi connectivity index (χ0n) is 13.7. The van der Waals surface area contributed by atoms with Crippen LogP contribution in [-0.4, -0.2) is 44.2 Å². The monoisotopic (exact) mass is 305 g/mol. The topological polar surface area (TPSA) is 77.0 Å². The summed E-state index contributed by atoms with van der Waals surface area (Å²) in [4.78, 5) is 14.5. The molecule has 1 amide bonds. The molecule has 6 heteroatoms. The highest BCUT2D eigenvalue weighted by atomic mass is 16.2. The predicted octanol–water partition coefficient (Wildman–Crippen LogP) is 1.84. The van der Waals surface area contributed by atoms with Crippen LogP contribution in [0.25, 0.3) is 0 Å². The number of nitrogens with zero attached hydrogens (tertiary/aromatic N) is 4. The standard InChI is InChI=1S/C16H27N5O/c1-3-8-16(2,17)15(22)20-9-6-12(7-10-20)14-19-18-11-21(14)13-4-5-13/h11-13H,3-10,17H2,1-2H3. The molecule has 2 fully saturated rings. The summed E-state index contributed by atoms with van der Waals surface area (Å²) >= 11 is 0. The highest BCUT2D eigenvalue weighted by molar-refractivity contribution is 5.85. The van der Waals surface area contributed by atoms with Gasteiger partial charge in [0.15, 0.2) is 0 Å². The number of hydrogen-bond donors (Lipinski definition) is 1. The molecule has 1 aromatic heterocycles. The van der Waals surface area contributed by atoms with Crippen molar-refractivity contribution in [2.24, 2.45) is 5.73 Å². The summed E-state index contributed by atoms with van der Waals surface area (Å²) in [5.74, 6) is 1.62. The maximum Gasteiger partial charge on any atom is 0.242 e. The SMILES string of the molecule is CCCC(C)(N)C(=O)N1CCC(c2nncn2C2CC2)CC1. The number of likely N-dealkylation sites (tertiary alicyclic amines) is 1. The first-order chi connectivity index (χ1) is 10.5. The van der Waals surface area contributed by atoms with Gasteiger partial charge in [0, 0.05) is 25.0 Å². The smallest absolute Gasteiger partial charge is 0.242 e. The van der Waals surface area contributed by atoms with Gasteiger partial charge in [0.2, 0.25) is 5.91 Å². The molecule has 1 unspecified atom stereocenters. The third kappa shape index (κ3) is 3.02. The van der Waals surface area contributed by atoms with Crippen molar-refractivity contribution in [2.75, 3.05) is 13.1 Å². The Morgan fingerprint density at radius 2 is 2.05 bits per heavy atom. The number of aromatic nitrogens is 3. The number of hydrogen-bond acceptors (Lipinski definition) is 4. The molecule has 2 heterocycles. The Hall–Kier alpha value is -1.43. The number of amides is 1. The van der Waals surface area contributed by atoms with Gasteiger partial charge in [0.25, 0.3) is 0 Å². The highest BCUT2D eigenvalue weighted by Crippen LogP contribution is 2.38. The van der Waals surface area contributed by atoms with Crippen LogP contribution in [-0.2, 0) is 4.79 Å². The molecule has 2 N–H and O–H groups in total. The molecule has 1 aromatic rings. The molecule has 1 atom stereocenters. The minimum Gasteiger partial charge on any atom is -0.341 e.